The van der Waals surface area contributed by atoms with Gasteiger partial charge in [-0.1, -0.05) is 6.07 Å². The van der Waals surface area contributed by atoms with Gasteiger partial charge in [0, 0.05) is 25.7 Å². The monoisotopic (exact) mass is 350 g/mol. The minimum Gasteiger partial charge on any atom is -0.489 e. The Kier molecular flexibility index (Phi) is 7.98. The van der Waals surface area contributed by atoms with E-state index in [0.717, 1.165) is 25.6 Å². The average molecular weight is 350 g/mol. The molecule has 1 aromatic carbocycles. The summed E-state index contributed by atoms with van der Waals surface area (Å²) < 4.78 is 18.9. The van der Waals surface area contributed by atoms with Crippen molar-refractivity contribution in [2.75, 3.05) is 39.8 Å². The second kappa shape index (κ2) is 10.2. The molecule has 1 aliphatic heterocycles. The summed E-state index contributed by atoms with van der Waals surface area (Å²) in [5.41, 5.74) is 0. The number of benzene rings is 1. The van der Waals surface area contributed by atoms with Crippen LogP contribution in [0.1, 0.15) is 26.7 Å². The number of nitrogens with zero attached hydrogens (tertiary/aromatic N) is 2. The molecule has 0 bridgehead atoms. The molecule has 1 fully saturated rings. The summed E-state index contributed by atoms with van der Waals surface area (Å²) >= 11 is 0. The van der Waals surface area contributed by atoms with E-state index in [1.807, 2.05) is 6.92 Å². The minimum atomic E-state index is -0.291. The first-order valence-electron chi connectivity index (χ1n) is 9.19. The van der Waals surface area contributed by atoms with Crippen LogP contribution in [0.5, 0.6) is 5.75 Å². The van der Waals surface area contributed by atoms with Gasteiger partial charge in [-0.05, 0) is 58.3 Å². The zero-order valence-corrected chi connectivity index (χ0v) is 15.6. The number of hydrogen-bond acceptors (Lipinski definition) is 3. The lowest BCUT2D eigenvalue weighted by molar-refractivity contribution is 0.210. The van der Waals surface area contributed by atoms with E-state index in [2.05, 4.69) is 34.5 Å². The molecule has 2 unspecified atom stereocenters. The van der Waals surface area contributed by atoms with Crippen molar-refractivity contribution in [2.45, 2.75) is 32.8 Å². The van der Waals surface area contributed by atoms with Crippen molar-refractivity contribution in [3.8, 4) is 5.75 Å². The summed E-state index contributed by atoms with van der Waals surface area (Å²) in [5, 5.41) is 6.71. The third kappa shape index (κ3) is 7.30. The fourth-order valence-electron chi connectivity index (χ4n) is 3.05. The molecule has 140 valence electrons. The fraction of sp³-hybridized carbons (Fsp3) is 0.632. The molecular formula is C19H31FN4O. The van der Waals surface area contributed by atoms with E-state index < -0.39 is 0 Å². The lowest BCUT2D eigenvalue weighted by Gasteiger charge is -2.30. The minimum absolute atomic E-state index is 0.127. The molecule has 1 heterocycles. The molecule has 2 atom stereocenters. The van der Waals surface area contributed by atoms with Crippen LogP contribution in [0, 0.1) is 11.7 Å². The number of guanidine groups is 1. The van der Waals surface area contributed by atoms with Gasteiger partial charge in [0.25, 0.3) is 0 Å². The van der Waals surface area contributed by atoms with Gasteiger partial charge in [0.2, 0.25) is 0 Å². The first-order valence-corrected chi connectivity index (χ1v) is 9.19. The average Bonchev–Trinajstić information content (AvgIpc) is 2.57. The molecule has 5 nitrogen and oxygen atoms in total. The maximum absolute atomic E-state index is 13.2. The normalized spacial score (nSPS) is 20.2. The predicted molar refractivity (Wildman–Crippen MR) is 101 cm³/mol. The topological polar surface area (TPSA) is 48.9 Å². The van der Waals surface area contributed by atoms with Crippen LogP contribution < -0.4 is 15.4 Å². The highest BCUT2D eigenvalue weighted by molar-refractivity contribution is 5.79. The van der Waals surface area contributed by atoms with E-state index in [4.69, 9.17) is 4.74 Å². The summed E-state index contributed by atoms with van der Waals surface area (Å²) in [7, 11) is 2.18. The number of rotatable bonds is 7. The number of aliphatic imine (C=N–C) groups is 1. The van der Waals surface area contributed by atoms with Crippen molar-refractivity contribution >= 4 is 5.96 Å². The van der Waals surface area contributed by atoms with Gasteiger partial charge >= 0.3 is 0 Å². The molecule has 2 N–H and O–H groups in total. The van der Waals surface area contributed by atoms with Crippen molar-refractivity contribution in [1.29, 1.82) is 0 Å². The van der Waals surface area contributed by atoms with Gasteiger partial charge in [-0.2, -0.15) is 0 Å². The zero-order chi connectivity index (χ0) is 18.1. The third-order valence-electron chi connectivity index (χ3n) is 4.26. The van der Waals surface area contributed by atoms with Crippen LogP contribution in [-0.4, -0.2) is 56.7 Å². The maximum Gasteiger partial charge on any atom is 0.191 e. The standard InChI is InChI=1S/C19H31FN4O/c1-4-21-19(23-13-16-7-6-10-24(3)14-16)22-12-15(2)25-18-9-5-8-17(20)11-18/h5,8-9,11,15-16H,4,6-7,10,12-14H2,1-3H3,(H2,21,22,23). The molecule has 0 saturated carbocycles. The Bertz CT molecular complexity index is 552. The third-order valence-corrected chi connectivity index (χ3v) is 4.26. The van der Waals surface area contributed by atoms with Crippen molar-refractivity contribution in [2.24, 2.45) is 10.9 Å². The van der Waals surface area contributed by atoms with Gasteiger partial charge in [-0.15, -0.1) is 0 Å². The van der Waals surface area contributed by atoms with Gasteiger partial charge < -0.3 is 20.3 Å². The predicted octanol–water partition coefficient (Wildman–Crippen LogP) is 2.49. The number of nitrogens with one attached hydrogen (secondary N) is 2. The Morgan fingerprint density at radius 1 is 1.44 bits per heavy atom. The van der Waals surface area contributed by atoms with E-state index >= 15 is 0 Å². The molecule has 1 aromatic rings. The SMILES string of the molecule is CCNC(=NCC(C)Oc1cccc(F)c1)NCC1CCCN(C)C1. The van der Waals surface area contributed by atoms with Crippen LogP contribution in [0.25, 0.3) is 0 Å². The first-order chi connectivity index (χ1) is 12.1. The van der Waals surface area contributed by atoms with Crippen LogP contribution in [0.15, 0.2) is 29.3 Å². The smallest absolute Gasteiger partial charge is 0.191 e. The van der Waals surface area contributed by atoms with Crippen LogP contribution in [-0.2, 0) is 0 Å². The number of halogens is 1. The number of piperidine rings is 1. The lowest BCUT2D eigenvalue weighted by Crippen LogP contribution is -2.43. The Morgan fingerprint density at radius 2 is 2.28 bits per heavy atom. The molecule has 0 aromatic heterocycles. The van der Waals surface area contributed by atoms with E-state index in [0.29, 0.717) is 18.2 Å². The molecule has 1 aliphatic rings. The van der Waals surface area contributed by atoms with E-state index in [9.17, 15) is 4.39 Å². The van der Waals surface area contributed by atoms with Crippen molar-refractivity contribution in [3.63, 3.8) is 0 Å². The Labute approximate surface area is 150 Å². The van der Waals surface area contributed by atoms with Gasteiger partial charge in [0.1, 0.15) is 17.7 Å². The summed E-state index contributed by atoms with van der Waals surface area (Å²) in [6.45, 7) is 8.57. The molecule has 6 heteroatoms. The highest BCUT2D eigenvalue weighted by atomic mass is 19.1. The summed E-state index contributed by atoms with van der Waals surface area (Å²) in [5.74, 6) is 1.71. The summed E-state index contributed by atoms with van der Waals surface area (Å²) in [4.78, 5) is 6.98. The Hall–Kier alpha value is -1.82. The van der Waals surface area contributed by atoms with E-state index in [-0.39, 0.29) is 11.9 Å². The molecule has 2 rings (SSSR count). The van der Waals surface area contributed by atoms with Crippen LogP contribution in [0.2, 0.25) is 0 Å². The quantitative estimate of drug-likeness (QED) is 0.586. The fourth-order valence-corrected chi connectivity index (χ4v) is 3.05. The van der Waals surface area contributed by atoms with Crippen LogP contribution >= 0.6 is 0 Å². The highest BCUT2D eigenvalue weighted by Crippen LogP contribution is 2.14. The Balaban J connectivity index is 1.81. The van der Waals surface area contributed by atoms with Gasteiger partial charge in [-0.25, -0.2) is 9.38 Å². The second-order valence-electron chi connectivity index (χ2n) is 6.76. The second-order valence-corrected chi connectivity index (χ2v) is 6.76. The molecule has 0 amide bonds. The largest absolute Gasteiger partial charge is 0.489 e. The molecule has 1 saturated heterocycles. The number of ether oxygens (including phenoxy) is 1. The van der Waals surface area contributed by atoms with Crippen molar-refractivity contribution in [1.82, 2.24) is 15.5 Å². The molecular weight excluding hydrogens is 319 g/mol. The Morgan fingerprint density at radius 3 is 3.00 bits per heavy atom. The number of likely N-dealkylation sites (tertiary alicyclic amines) is 1. The van der Waals surface area contributed by atoms with Gasteiger partial charge in [0.15, 0.2) is 5.96 Å². The van der Waals surface area contributed by atoms with E-state index in [1.165, 1.54) is 31.5 Å². The van der Waals surface area contributed by atoms with E-state index in [1.54, 1.807) is 12.1 Å². The molecule has 0 spiro atoms. The van der Waals surface area contributed by atoms with Gasteiger partial charge in [0.05, 0.1) is 6.54 Å². The maximum atomic E-state index is 13.2. The highest BCUT2D eigenvalue weighted by Gasteiger charge is 2.17. The van der Waals surface area contributed by atoms with Crippen LogP contribution in [0.3, 0.4) is 0 Å². The lowest BCUT2D eigenvalue weighted by atomic mass is 9.99. The number of hydrogen-bond donors (Lipinski definition) is 2. The molecule has 25 heavy (non-hydrogen) atoms. The van der Waals surface area contributed by atoms with Crippen LogP contribution in [0.4, 0.5) is 4.39 Å². The van der Waals surface area contributed by atoms with Crippen molar-refractivity contribution in [3.05, 3.63) is 30.1 Å². The first kappa shape index (κ1) is 19.5. The summed E-state index contributed by atoms with van der Waals surface area (Å²) in [6.07, 6.45) is 2.39. The van der Waals surface area contributed by atoms with Crippen molar-refractivity contribution < 1.29 is 9.13 Å². The summed E-state index contributed by atoms with van der Waals surface area (Å²) in [6, 6.07) is 6.20. The zero-order valence-electron chi connectivity index (χ0n) is 15.6. The molecule has 0 aliphatic carbocycles. The van der Waals surface area contributed by atoms with Gasteiger partial charge in [-0.3, -0.25) is 0 Å². The molecule has 0 radical (unpaired) electrons.